The maximum absolute atomic E-state index is 13.2. The molecule has 0 radical (unpaired) electrons. The smallest absolute Gasteiger partial charge is 0.421 e. The third-order valence-electron chi connectivity index (χ3n) is 3.07. The number of aromatic hydroxyl groups is 1. The molecule has 0 aliphatic rings. The first kappa shape index (κ1) is 25.2. The van der Waals surface area contributed by atoms with Crippen LogP contribution in [0.4, 0.5) is 26.3 Å². The Kier molecular flexibility index (Phi) is 7.59. The summed E-state index contributed by atoms with van der Waals surface area (Å²) in [6.07, 6.45) is -12.7. The molecule has 0 aliphatic carbocycles. The fourth-order valence-electron chi connectivity index (χ4n) is 1.78. The number of carbonyl (C=O) groups is 1. The molecule has 154 valence electrons. The second-order valence-corrected chi connectivity index (χ2v) is 9.66. The first-order valence-corrected chi connectivity index (χ1v) is 10.9. The molecular formula is C11H5F6I3NO5S-. The van der Waals surface area contributed by atoms with Crippen LogP contribution in [0.15, 0.2) is 6.07 Å². The predicted molar refractivity (Wildman–Crippen MR) is 103 cm³/mol. The van der Waals surface area contributed by atoms with Crippen LogP contribution in [0.25, 0.3) is 0 Å². The molecule has 0 heterocycles. The zero-order chi connectivity index (χ0) is 21.6. The normalized spacial score (nSPS) is 13.6. The summed E-state index contributed by atoms with van der Waals surface area (Å²) >= 11 is 4.53. The monoisotopic (exact) mass is 758 g/mol. The summed E-state index contributed by atoms with van der Waals surface area (Å²) < 4.78 is 111. The highest BCUT2D eigenvalue weighted by atomic mass is 127. The van der Waals surface area contributed by atoms with E-state index < -0.39 is 51.0 Å². The van der Waals surface area contributed by atoms with Crippen LogP contribution in [0, 0.1) is 10.7 Å². The number of hydrogen-bond acceptors (Lipinski definition) is 5. The van der Waals surface area contributed by atoms with Crippen molar-refractivity contribution in [2.75, 3.05) is 5.75 Å². The quantitative estimate of drug-likeness (QED) is 0.212. The fraction of sp³-hybridized carbons (Fsp3) is 0.364. The van der Waals surface area contributed by atoms with Gasteiger partial charge in [0.1, 0.15) is 5.75 Å². The van der Waals surface area contributed by atoms with Gasteiger partial charge in [0.2, 0.25) is 5.54 Å². The fourth-order valence-corrected chi connectivity index (χ4v) is 4.89. The average molecular weight is 758 g/mol. The van der Waals surface area contributed by atoms with Gasteiger partial charge in [0.05, 0.1) is 28.6 Å². The van der Waals surface area contributed by atoms with Crippen molar-refractivity contribution in [2.24, 2.45) is 0 Å². The molecule has 0 atom stereocenters. The summed E-state index contributed by atoms with van der Waals surface area (Å²) in [5, 5.41) is 10.4. The predicted octanol–water partition coefficient (Wildman–Crippen LogP) is 3.34. The van der Waals surface area contributed by atoms with Gasteiger partial charge in [-0.25, -0.2) is 8.42 Å². The molecule has 0 unspecified atom stereocenters. The highest BCUT2D eigenvalue weighted by Gasteiger charge is 2.72. The second kappa shape index (κ2) is 8.13. The third kappa shape index (κ3) is 5.41. The SMILES string of the molecule is O=C(NC(CS(=O)(=O)[O-])(C(F)(F)F)C(F)(F)F)c1cc(I)c(I)c(O)c1I. The molecule has 0 aliphatic heterocycles. The van der Waals surface area contributed by atoms with Crippen molar-refractivity contribution in [3.8, 4) is 5.75 Å². The van der Waals surface area contributed by atoms with Gasteiger partial charge >= 0.3 is 12.4 Å². The first-order valence-electron chi connectivity index (χ1n) is 6.10. The number of amides is 1. The lowest BCUT2D eigenvalue weighted by molar-refractivity contribution is -0.296. The van der Waals surface area contributed by atoms with Crippen LogP contribution >= 0.6 is 67.8 Å². The van der Waals surface area contributed by atoms with E-state index in [0.717, 1.165) is 6.07 Å². The van der Waals surface area contributed by atoms with Crippen LogP contribution < -0.4 is 5.32 Å². The molecule has 1 aromatic carbocycles. The van der Waals surface area contributed by atoms with E-state index in [2.05, 4.69) is 0 Å². The van der Waals surface area contributed by atoms with Crippen LogP contribution in [-0.2, 0) is 10.1 Å². The molecule has 1 rings (SSSR count). The molecular weight excluding hydrogens is 753 g/mol. The minimum atomic E-state index is -6.36. The number of nitrogens with one attached hydrogen (secondary N) is 1. The van der Waals surface area contributed by atoms with Gasteiger partial charge in [0, 0.05) is 3.57 Å². The van der Waals surface area contributed by atoms with Crippen molar-refractivity contribution in [1.82, 2.24) is 5.32 Å². The second-order valence-electron chi connectivity index (χ2n) is 4.94. The number of carbonyl (C=O) groups excluding carboxylic acids is 1. The Morgan fingerprint density at radius 2 is 1.52 bits per heavy atom. The number of alkyl halides is 6. The van der Waals surface area contributed by atoms with E-state index >= 15 is 0 Å². The molecule has 27 heavy (non-hydrogen) atoms. The van der Waals surface area contributed by atoms with Crippen LogP contribution in [0.1, 0.15) is 10.4 Å². The molecule has 0 aromatic heterocycles. The van der Waals surface area contributed by atoms with E-state index in [1.165, 1.54) is 22.6 Å². The Balaban J connectivity index is 3.63. The zero-order valence-corrected chi connectivity index (χ0v) is 19.5. The Hall–Kier alpha value is 0.170. The number of halogens is 9. The van der Waals surface area contributed by atoms with E-state index in [1.54, 1.807) is 45.2 Å². The van der Waals surface area contributed by atoms with Crippen molar-refractivity contribution in [2.45, 2.75) is 17.9 Å². The molecule has 0 spiro atoms. The van der Waals surface area contributed by atoms with Crippen LogP contribution in [0.5, 0.6) is 5.75 Å². The van der Waals surface area contributed by atoms with Crippen LogP contribution in [-0.4, -0.2) is 47.6 Å². The minimum absolute atomic E-state index is 0.136. The Morgan fingerprint density at radius 3 is 1.89 bits per heavy atom. The van der Waals surface area contributed by atoms with Crippen molar-refractivity contribution in [1.29, 1.82) is 0 Å². The van der Waals surface area contributed by atoms with Gasteiger partial charge in [0.25, 0.3) is 5.91 Å². The van der Waals surface area contributed by atoms with Gasteiger partial charge < -0.3 is 15.0 Å². The molecule has 0 fully saturated rings. The summed E-state index contributed by atoms with van der Waals surface area (Å²) in [4.78, 5) is 12.1. The Morgan fingerprint density at radius 1 is 1.07 bits per heavy atom. The van der Waals surface area contributed by atoms with E-state index in [4.69, 9.17) is 0 Å². The minimum Gasteiger partial charge on any atom is -0.748 e. The van der Waals surface area contributed by atoms with E-state index in [-0.39, 0.29) is 10.7 Å². The summed E-state index contributed by atoms with van der Waals surface area (Å²) in [6.45, 7) is 0. The van der Waals surface area contributed by atoms with Gasteiger partial charge in [0.15, 0.2) is 0 Å². The lowest BCUT2D eigenvalue weighted by Gasteiger charge is -2.38. The number of hydrogen-bond donors (Lipinski definition) is 2. The first-order chi connectivity index (χ1) is 11.8. The number of phenols is 1. The van der Waals surface area contributed by atoms with Gasteiger partial charge in [-0.15, -0.1) is 0 Å². The van der Waals surface area contributed by atoms with E-state index in [9.17, 15) is 49.2 Å². The lowest BCUT2D eigenvalue weighted by atomic mass is 9.99. The summed E-state index contributed by atoms with van der Waals surface area (Å²) in [6, 6.07) is 0.905. The van der Waals surface area contributed by atoms with Crippen molar-refractivity contribution < 1.29 is 49.2 Å². The van der Waals surface area contributed by atoms with Gasteiger partial charge in [-0.3, -0.25) is 4.79 Å². The topological polar surface area (TPSA) is 107 Å². The Bertz CT molecular complexity index is 857. The maximum atomic E-state index is 13.2. The summed E-state index contributed by atoms with van der Waals surface area (Å²) in [5.74, 6) is -5.51. The summed E-state index contributed by atoms with van der Waals surface area (Å²) in [7, 11) is -6.07. The van der Waals surface area contributed by atoms with Gasteiger partial charge in [-0.05, 0) is 73.8 Å². The number of rotatable bonds is 4. The largest absolute Gasteiger partial charge is 0.748 e. The third-order valence-corrected chi connectivity index (χ3v) is 7.92. The molecule has 6 nitrogen and oxygen atoms in total. The summed E-state index contributed by atoms with van der Waals surface area (Å²) in [5.41, 5.74) is -6.09. The lowest BCUT2D eigenvalue weighted by Crippen LogP contribution is -2.70. The zero-order valence-electron chi connectivity index (χ0n) is 12.2. The van der Waals surface area contributed by atoms with Gasteiger partial charge in [-0.2, -0.15) is 26.3 Å². The molecule has 0 saturated carbocycles. The average Bonchev–Trinajstić information content (AvgIpc) is 2.44. The standard InChI is InChI=1S/C11H6F6I3NO5S/c12-10(13,14)9(11(15,16)17,2-27(24,25)26)21-8(23)3-1-4(18)6(20)7(22)5(3)19/h1,22H,2H2,(H,21,23)(H,24,25,26)/p-1. The number of phenolic OH excluding ortho intramolecular Hbond substituents is 1. The van der Waals surface area contributed by atoms with Gasteiger partial charge in [-0.1, -0.05) is 0 Å². The van der Waals surface area contributed by atoms with Crippen LogP contribution in [0.3, 0.4) is 0 Å². The Labute approximate surface area is 188 Å². The highest BCUT2D eigenvalue weighted by Crippen LogP contribution is 2.44. The van der Waals surface area contributed by atoms with E-state index in [1.807, 2.05) is 0 Å². The molecule has 0 bridgehead atoms. The van der Waals surface area contributed by atoms with Crippen molar-refractivity contribution >= 4 is 83.8 Å². The van der Waals surface area contributed by atoms with Crippen molar-refractivity contribution in [3.05, 3.63) is 22.3 Å². The molecule has 0 saturated heterocycles. The van der Waals surface area contributed by atoms with Crippen molar-refractivity contribution in [3.63, 3.8) is 0 Å². The number of benzene rings is 1. The van der Waals surface area contributed by atoms with E-state index in [0.29, 0.717) is 5.32 Å². The highest BCUT2D eigenvalue weighted by molar-refractivity contribution is 14.1. The molecule has 2 N–H and O–H groups in total. The molecule has 1 aromatic rings. The van der Waals surface area contributed by atoms with Crippen LogP contribution in [0.2, 0.25) is 0 Å². The maximum Gasteiger partial charge on any atom is 0.421 e. The molecule has 16 heteroatoms. The molecule has 1 amide bonds.